The lowest BCUT2D eigenvalue weighted by atomic mass is 9.84. The van der Waals surface area contributed by atoms with E-state index in [1.807, 2.05) is 0 Å². The Bertz CT molecular complexity index is 242. The van der Waals surface area contributed by atoms with Crippen LogP contribution in [0.25, 0.3) is 0 Å². The van der Waals surface area contributed by atoms with Crippen LogP contribution in [0.3, 0.4) is 0 Å². The quantitative estimate of drug-likeness (QED) is 0.760. The molecule has 0 spiro atoms. The largest absolute Gasteiger partial charge is 0.328 e. The average Bonchev–Trinajstić information content (AvgIpc) is 2.35. The van der Waals surface area contributed by atoms with Gasteiger partial charge in [-0.05, 0) is 71.6 Å². The minimum Gasteiger partial charge on any atom is -0.328 e. The number of unbranched alkanes of at least 4 members (excludes halogenated alkanes) is 1. The molecule has 3 nitrogen and oxygen atoms in total. The highest BCUT2D eigenvalue weighted by molar-refractivity contribution is 4.89. The topological polar surface area (TPSA) is 32.5 Å². The summed E-state index contributed by atoms with van der Waals surface area (Å²) in [6.45, 7) is 7.37. The molecule has 2 heterocycles. The first-order valence-corrected chi connectivity index (χ1v) is 7.85. The Morgan fingerprint density at radius 1 is 1.22 bits per heavy atom. The molecule has 2 aliphatic rings. The van der Waals surface area contributed by atoms with Crippen molar-refractivity contribution in [2.24, 2.45) is 11.7 Å². The van der Waals surface area contributed by atoms with Gasteiger partial charge in [0.15, 0.2) is 0 Å². The molecule has 3 heteroatoms. The summed E-state index contributed by atoms with van der Waals surface area (Å²) in [7, 11) is 2.31. The molecule has 3 unspecified atom stereocenters. The van der Waals surface area contributed by atoms with Gasteiger partial charge in [0, 0.05) is 18.6 Å². The number of nitrogens with two attached hydrogens (primary N) is 1. The summed E-state index contributed by atoms with van der Waals surface area (Å²) in [4.78, 5) is 5.29. The molecule has 2 rings (SSSR count). The minimum absolute atomic E-state index is 0.378. The second-order valence-corrected chi connectivity index (χ2v) is 6.51. The summed E-state index contributed by atoms with van der Waals surface area (Å²) >= 11 is 0. The number of likely N-dealkylation sites (tertiary alicyclic amines) is 2. The predicted octanol–water partition coefficient (Wildman–Crippen LogP) is 1.92. The van der Waals surface area contributed by atoms with E-state index in [1.54, 1.807) is 0 Å². The molecular weight excluding hydrogens is 222 g/mol. The summed E-state index contributed by atoms with van der Waals surface area (Å²) in [5.41, 5.74) is 5.80. The van der Waals surface area contributed by atoms with Gasteiger partial charge >= 0.3 is 0 Å². The van der Waals surface area contributed by atoms with Crippen molar-refractivity contribution in [2.75, 3.05) is 33.2 Å². The van der Waals surface area contributed by atoms with Crippen molar-refractivity contribution in [3.63, 3.8) is 0 Å². The van der Waals surface area contributed by atoms with Crippen LogP contribution in [-0.4, -0.2) is 55.1 Å². The molecule has 0 amide bonds. The van der Waals surface area contributed by atoms with Crippen LogP contribution in [-0.2, 0) is 0 Å². The summed E-state index contributed by atoms with van der Waals surface area (Å²) in [6, 6.07) is 1.25. The molecule has 0 aliphatic carbocycles. The third-order valence-electron chi connectivity index (χ3n) is 4.81. The van der Waals surface area contributed by atoms with Crippen molar-refractivity contribution in [1.82, 2.24) is 9.80 Å². The highest BCUT2D eigenvalue weighted by Gasteiger charge is 2.33. The molecule has 2 saturated heterocycles. The maximum Gasteiger partial charge on any atom is 0.0145 e. The minimum atomic E-state index is 0.378. The van der Waals surface area contributed by atoms with Crippen molar-refractivity contribution in [3.05, 3.63) is 0 Å². The Hall–Kier alpha value is -0.120. The maximum absolute atomic E-state index is 5.80. The van der Waals surface area contributed by atoms with Crippen LogP contribution in [0.4, 0.5) is 0 Å². The van der Waals surface area contributed by atoms with Crippen LogP contribution >= 0.6 is 0 Å². The molecule has 0 bridgehead atoms. The van der Waals surface area contributed by atoms with Crippen LogP contribution in [0.2, 0.25) is 0 Å². The Morgan fingerprint density at radius 3 is 2.83 bits per heavy atom. The van der Waals surface area contributed by atoms with E-state index in [-0.39, 0.29) is 0 Å². The predicted molar refractivity (Wildman–Crippen MR) is 77.7 cm³/mol. The van der Waals surface area contributed by atoms with E-state index in [2.05, 4.69) is 23.8 Å². The number of hydrogen-bond donors (Lipinski definition) is 1. The van der Waals surface area contributed by atoms with Crippen molar-refractivity contribution in [3.8, 4) is 0 Å². The Morgan fingerprint density at radius 2 is 2.06 bits per heavy atom. The molecule has 0 saturated carbocycles. The lowest BCUT2D eigenvalue weighted by molar-refractivity contribution is 0.0380. The van der Waals surface area contributed by atoms with Crippen LogP contribution in [0, 0.1) is 5.92 Å². The fourth-order valence-electron chi connectivity index (χ4n) is 3.73. The summed E-state index contributed by atoms with van der Waals surface area (Å²) < 4.78 is 0. The highest BCUT2D eigenvalue weighted by Crippen LogP contribution is 2.29. The van der Waals surface area contributed by atoms with Gasteiger partial charge in [0.1, 0.15) is 0 Å². The number of piperidine rings is 2. The fourth-order valence-corrected chi connectivity index (χ4v) is 3.73. The molecular formula is C15H31N3. The first-order valence-electron chi connectivity index (χ1n) is 7.85. The molecule has 2 aliphatic heterocycles. The standard InChI is InChI=1S/C15H31N3/c1-13(16)6-3-4-10-18-11-8-15-14(12-18)7-5-9-17(15)2/h13-15H,3-12,16H2,1-2H3. The second-order valence-electron chi connectivity index (χ2n) is 6.51. The number of fused-ring (bicyclic) bond motifs is 1. The fraction of sp³-hybridized carbons (Fsp3) is 1.00. The van der Waals surface area contributed by atoms with Gasteiger partial charge in [0.05, 0.1) is 0 Å². The van der Waals surface area contributed by atoms with Crippen molar-refractivity contribution in [1.29, 1.82) is 0 Å². The summed E-state index contributed by atoms with van der Waals surface area (Å²) in [5, 5.41) is 0. The molecule has 106 valence electrons. The van der Waals surface area contributed by atoms with Crippen LogP contribution < -0.4 is 5.73 Å². The van der Waals surface area contributed by atoms with Gasteiger partial charge in [0.2, 0.25) is 0 Å². The Balaban J connectivity index is 1.67. The van der Waals surface area contributed by atoms with Crippen molar-refractivity contribution in [2.45, 2.75) is 57.5 Å². The monoisotopic (exact) mass is 253 g/mol. The van der Waals surface area contributed by atoms with Crippen LogP contribution in [0.15, 0.2) is 0 Å². The Kier molecular flexibility index (Phi) is 5.46. The third-order valence-corrected chi connectivity index (χ3v) is 4.81. The zero-order valence-corrected chi connectivity index (χ0v) is 12.3. The first kappa shape index (κ1) is 14.3. The smallest absolute Gasteiger partial charge is 0.0145 e. The lowest BCUT2D eigenvalue weighted by Gasteiger charge is -2.46. The third kappa shape index (κ3) is 3.94. The van der Waals surface area contributed by atoms with Gasteiger partial charge in [-0.2, -0.15) is 0 Å². The normalized spacial score (nSPS) is 32.2. The van der Waals surface area contributed by atoms with Crippen LogP contribution in [0.5, 0.6) is 0 Å². The van der Waals surface area contributed by atoms with E-state index in [0.29, 0.717) is 6.04 Å². The summed E-state index contributed by atoms with van der Waals surface area (Å²) in [6.07, 6.45) is 8.04. The van der Waals surface area contributed by atoms with Gasteiger partial charge in [-0.25, -0.2) is 0 Å². The molecule has 0 aromatic rings. The van der Waals surface area contributed by atoms with Gasteiger partial charge in [0.25, 0.3) is 0 Å². The SMILES string of the molecule is CC(N)CCCCN1CCC2C(CCCN2C)C1. The van der Waals surface area contributed by atoms with E-state index < -0.39 is 0 Å². The van der Waals surface area contributed by atoms with Crippen LogP contribution in [0.1, 0.15) is 45.4 Å². The van der Waals surface area contributed by atoms with E-state index in [0.717, 1.165) is 12.0 Å². The van der Waals surface area contributed by atoms with Crippen molar-refractivity contribution >= 4 is 0 Å². The van der Waals surface area contributed by atoms with Gasteiger partial charge in [-0.1, -0.05) is 6.42 Å². The van der Waals surface area contributed by atoms with E-state index >= 15 is 0 Å². The first-order chi connectivity index (χ1) is 8.66. The van der Waals surface area contributed by atoms with Crippen molar-refractivity contribution < 1.29 is 0 Å². The van der Waals surface area contributed by atoms with E-state index in [4.69, 9.17) is 5.73 Å². The van der Waals surface area contributed by atoms with Gasteiger partial charge in [-0.15, -0.1) is 0 Å². The Labute approximate surface area is 113 Å². The molecule has 0 radical (unpaired) electrons. The number of hydrogen-bond acceptors (Lipinski definition) is 3. The molecule has 2 N–H and O–H groups in total. The maximum atomic E-state index is 5.80. The highest BCUT2D eigenvalue weighted by atomic mass is 15.2. The molecule has 18 heavy (non-hydrogen) atoms. The summed E-state index contributed by atoms with van der Waals surface area (Å²) in [5.74, 6) is 0.936. The lowest BCUT2D eigenvalue weighted by Crippen LogP contribution is -2.52. The molecule has 3 atom stereocenters. The second kappa shape index (κ2) is 6.88. The number of nitrogens with zero attached hydrogens (tertiary/aromatic N) is 2. The molecule has 0 aromatic heterocycles. The molecule has 0 aromatic carbocycles. The van der Waals surface area contributed by atoms with E-state index in [1.165, 1.54) is 64.7 Å². The zero-order valence-electron chi connectivity index (χ0n) is 12.3. The van der Waals surface area contributed by atoms with Gasteiger partial charge < -0.3 is 15.5 Å². The zero-order chi connectivity index (χ0) is 13.0. The average molecular weight is 253 g/mol. The van der Waals surface area contributed by atoms with Gasteiger partial charge in [-0.3, -0.25) is 0 Å². The number of rotatable bonds is 5. The van der Waals surface area contributed by atoms with E-state index in [9.17, 15) is 0 Å². The molecule has 2 fully saturated rings.